The zero-order chi connectivity index (χ0) is 17.8. The first-order chi connectivity index (χ1) is 12.1. The molecule has 0 saturated heterocycles. The fourth-order valence-electron chi connectivity index (χ4n) is 2.15. The number of nitrogens with zero attached hydrogens (tertiary/aromatic N) is 4. The van der Waals surface area contributed by atoms with Crippen LogP contribution in [0.2, 0.25) is 0 Å². The molecule has 3 rings (SSSR count). The number of hydrogen-bond acceptors (Lipinski definition) is 6. The highest BCUT2D eigenvalue weighted by atomic mass is 79.9. The van der Waals surface area contributed by atoms with Crippen molar-refractivity contribution in [1.82, 2.24) is 19.7 Å². The van der Waals surface area contributed by atoms with E-state index in [1.54, 1.807) is 0 Å². The zero-order valence-corrected chi connectivity index (χ0v) is 16.9. The molecule has 0 atom stereocenters. The lowest BCUT2D eigenvalue weighted by Crippen LogP contribution is -2.14. The number of amides is 1. The Morgan fingerprint density at radius 2 is 2.08 bits per heavy atom. The smallest absolute Gasteiger partial charge is 0.236 e. The van der Waals surface area contributed by atoms with Gasteiger partial charge >= 0.3 is 0 Å². The lowest BCUT2D eigenvalue weighted by Gasteiger charge is -2.02. The van der Waals surface area contributed by atoms with Crippen molar-refractivity contribution in [3.8, 4) is 11.3 Å². The van der Waals surface area contributed by atoms with Gasteiger partial charge in [0.05, 0.1) is 11.4 Å². The van der Waals surface area contributed by atoms with E-state index in [-0.39, 0.29) is 11.7 Å². The van der Waals surface area contributed by atoms with Crippen molar-refractivity contribution in [3.63, 3.8) is 0 Å². The van der Waals surface area contributed by atoms with E-state index in [9.17, 15) is 4.79 Å². The molecule has 0 fully saturated rings. The van der Waals surface area contributed by atoms with Gasteiger partial charge < -0.3 is 9.88 Å². The fourth-order valence-corrected chi connectivity index (χ4v) is 3.88. The van der Waals surface area contributed by atoms with Crippen molar-refractivity contribution in [2.45, 2.75) is 18.5 Å². The first kappa shape index (κ1) is 18.1. The van der Waals surface area contributed by atoms with Gasteiger partial charge in [-0.25, -0.2) is 4.98 Å². The van der Waals surface area contributed by atoms with Crippen molar-refractivity contribution >= 4 is 50.1 Å². The summed E-state index contributed by atoms with van der Waals surface area (Å²) in [6.45, 7) is 2.02. The van der Waals surface area contributed by atoms with Gasteiger partial charge in [-0.1, -0.05) is 46.7 Å². The molecule has 0 aliphatic heterocycles. The molecule has 0 bridgehead atoms. The largest absolute Gasteiger partial charge is 0.309 e. The zero-order valence-electron chi connectivity index (χ0n) is 13.7. The Morgan fingerprint density at radius 3 is 2.76 bits per heavy atom. The number of thiazole rings is 1. The molecule has 0 spiro atoms. The van der Waals surface area contributed by atoms with Gasteiger partial charge in [-0.15, -0.1) is 21.5 Å². The topological polar surface area (TPSA) is 72.7 Å². The number of carbonyl (C=O) groups is 1. The number of benzene rings is 1. The molecule has 25 heavy (non-hydrogen) atoms. The summed E-state index contributed by atoms with van der Waals surface area (Å²) in [4.78, 5) is 16.6. The molecule has 0 aliphatic rings. The SMILES string of the molecule is CCc1nnc(SCC(=O)Nc2nc(-c3ccc(Br)cc3)cs2)n1C. The van der Waals surface area contributed by atoms with Gasteiger partial charge in [-0.2, -0.15) is 0 Å². The van der Waals surface area contributed by atoms with Crippen LogP contribution in [0.3, 0.4) is 0 Å². The molecule has 0 aliphatic carbocycles. The summed E-state index contributed by atoms with van der Waals surface area (Å²) in [5, 5.41) is 14.3. The highest BCUT2D eigenvalue weighted by Crippen LogP contribution is 2.26. The number of carbonyl (C=O) groups excluding carboxylic acids is 1. The summed E-state index contributed by atoms with van der Waals surface area (Å²) in [6.07, 6.45) is 0.814. The first-order valence-corrected chi connectivity index (χ1v) is 10.2. The molecular weight excluding hydrogens is 422 g/mol. The maximum atomic E-state index is 12.1. The van der Waals surface area contributed by atoms with Crippen molar-refractivity contribution in [3.05, 3.63) is 39.9 Å². The van der Waals surface area contributed by atoms with Gasteiger partial charge in [0, 0.05) is 28.9 Å². The molecule has 1 amide bonds. The molecule has 2 heterocycles. The van der Waals surface area contributed by atoms with Crippen LogP contribution < -0.4 is 5.32 Å². The molecule has 3 aromatic rings. The second-order valence-corrected chi connectivity index (χ2v) is 7.91. The van der Waals surface area contributed by atoms with E-state index in [0.717, 1.165) is 33.1 Å². The third kappa shape index (κ3) is 4.47. The van der Waals surface area contributed by atoms with Crippen molar-refractivity contribution in [1.29, 1.82) is 0 Å². The maximum absolute atomic E-state index is 12.1. The van der Waals surface area contributed by atoms with E-state index in [2.05, 4.69) is 36.4 Å². The minimum Gasteiger partial charge on any atom is -0.309 e. The van der Waals surface area contributed by atoms with E-state index < -0.39 is 0 Å². The Kier molecular flexibility index (Phi) is 5.87. The molecule has 2 aromatic heterocycles. The number of hydrogen-bond donors (Lipinski definition) is 1. The summed E-state index contributed by atoms with van der Waals surface area (Å²) in [6, 6.07) is 7.91. The Bertz CT molecular complexity index is 875. The van der Waals surface area contributed by atoms with Crippen LogP contribution in [-0.4, -0.2) is 31.4 Å². The van der Waals surface area contributed by atoms with E-state index in [0.29, 0.717) is 5.13 Å². The summed E-state index contributed by atoms with van der Waals surface area (Å²) < 4.78 is 2.93. The number of halogens is 1. The number of aromatic nitrogens is 4. The second-order valence-electron chi connectivity index (χ2n) is 5.19. The Labute approximate surface area is 162 Å². The number of thioether (sulfide) groups is 1. The monoisotopic (exact) mass is 437 g/mol. The number of aryl methyl sites for hydroxylation is 1. The number of rotatable bonds is 6. The third-order valence-corrected chi connectivity index (χ3v) is 5.77. The molecule has 1 aromatic carbocycles. The van der Waals surface area contributed by atoms with Crippen molar-refractivity contribution in [2.24, 2.45) is 7.05 Å². The second kappa shape index (κ2) is 8.11. The van der Waals surface area contributed by atoms with E-state index >= 15 is 0 Å². The Hall–Kier alpha value is -1.71. The number of nitrogens with one attached hydrogen (secondary N) is 1. The Morgan fingerprint density at radius 1 is 1.32 bits per heavy atom. The number of anilines is 1. The summed E-state index contributed by atoms with van der Waals surface area (Å²) in [5.74, 6) is 1.06. The Balaban J connectivity index is 1.58. The van der Waals surface area contributed by atoms with Crippen LogP contribution in [0, 0.1) is 0 Å². The van der Waals surface area contributed by atoms with E-state index in [1.807, 2.05) is 48.2 Å². The summed E-state index contributed by atoms with van der Waals surface area (Å²) in [5.41, 5.74) is 1.86. The summed E-state index contributed by atoms with van der Waals surface area (Å²) >= 11 is 6.19. The lowest BCUT2D eigenvalue weighted by atomic mass is 10.2. The van der Waals surface area contributed by atoms with Crippen LogP contribution in [0.15, 0.2) is 39.3 Å². The van der Waals surface area contributed by atoms with Crippen LogP contribution >= 0.6 is 39.0 Å². The van der Waals surface area contributed by atoms with Crippen LogP contribution in [0.5, 0.6) is 0 Å². The van der Waals surface area contributed by atoms with Gasteiger partial charge in [-0.3, -0.25) is 4.79 Å². The third-order valence-electron chi connectivity index (χ3n) is 3.46. The van der Waals surface area contributed by atoms with Gasteiger partial charge in [-0.05, 0) is 12.1 Å². The van der Waals surface area contributed by atoms with Crippen LogP contribution in [0.25, 0.3) is 11.3 Å². The minimum absolute atomic E-state index is 0.109. The normalized spacial score (nSPS) is 10.8. The first-order valence-electron chi connectivity index (χ1n) is 7.59. The molecule has 9 heteroatoms. The van der Waals surface area contributed by atoms with Gasteiger partial charge in [0.25, 0.3) is 0 Å². The molecule has 0 radical (unpaired) electrons. The van der Waals surface area contributed by atoms with Gasteiger partial charge in [0.1, 0.15) is 5.82 Å². The quantitative estimate of drug-likeness (QED) is 0.590. The van der Waals surface area contributed by atoms with Gasteiger partial charge in [0.15, 0.2) is 10.3 Å². The van der Waals surface area contributed by atoms with Crippen LogP contribution in [0.1, 0.15) is 12.7 Å². The summed E-state index contributed by atoms with van der Waals surface area (Å²) in [7, 11) is 1.91. The van der Waals surface area contributed by atoms with Crippen LogP contribution in [0.4, 0.5) is 5.13 Å². The highest BCUT2D eigenvalue weighted by Gasteiger charge is 2.12. The minimum atomic E-state index is -0.109. The van der Waals surface area contributed by atoms with E-state index in [1.165, 1.54) is 23.1 Å². The maximum Gasteiger partial charge on any atom is 0.236 e. The average molecular weight is 438 g/mol. The predicted octanol–water partition coefficient (Wildman–Crippen LogP) is 3.99. The predicted molar refractivity (Wildman–Crippen MR) is 105 cm³/mol. The lowest BCUT2D eigenvalue weighted by molar-refractivity contribution is -0.113. The highest BCUT2D eigenvalue weighted by molar-refractivity contribution is 9.10. The molecule has 0 saturated carbocycles. The van der Waals surface area contributed by atoms with Crippen LogP contribution in [-0.2, 0) is 18.3 Å². The molecule has 0 unspecified atom stereocenters. The fraction of sp³-hybridized carbons (Fsp3) is 0.250. The molecular formula is C16H16BrN5OS2. The standard InChI is InChI=1S/C16H16BrN5OS2/c1-3-13-20-21-16(22(13)2)25-9-14(23)19-15-18-12(8-24-15)10-4-6-11(17)7-5-10/h4-8H,3,9H2,1-2H3,(H,18,19,23). The van der Waals surface area contributed by atoms with E-state index in [4.69, 9.17) is 0 Å². The molecule has 1 N–H and O–H groups in total. The average Bonchev–Trinajstić information content (AvgIpc) is 3.20. The van der Waals surface area contributed by atoms with Crippen molar-refractivity contribution < 1.29 is 4.79 Å². The van der Waals surface area contributed by atoms with Gasteiger partial charge in [0.2, 0.25) is 5.91 Å². The van der Waals surface area contributed by atoms with Crippen molar-refractivity contribution in [2.75, 3.05) is 11.1 Å². The molecule has 6 nitrogen and oxygen atoms in total. The molecule has 130 valence electrons.